The number of esters is 1. The number of nitro benzene ring substituents is 1. The van der Waals surface area contributed by atoms with Crippen molar-refractivity contribution in [2.45, 2.75) is 0 Å². The van der Waals surface area contributed by atoms with Gasteiger partial charge in [0.15, 0.2) is 0 Å². The molecule has 11 nitrogen and oxygen atoms in total. The maximum Gasteiger partial charge on any atom is 0.347 e. The number of amides is 2. The summed E-state index contributed by atoms with van der Waals surface area (Å²) in [4.78, 5) is 48.8. The van der Waals surface area contributed by atoms with Gasteiger partial charge in [0.25, 0.3) is 11.8 Å². The lowest BCUT2D eigenvalue weighted by atomic mass is 10.1. The summed E-state index contributed by atoms with van der Waals surface area (Å²) in [7, 11) is 1.34. The summed E-state index contributed by atoms with van der Waals surface area (Å²) in [6, 6.07) is 20.6. The minimum Gasteiger partial charge on any atom is -0.496 e. The van der Waals surface area contributed by atoms with Gasteiger partial charge in [-0.15, -0.1) is 0 Å². The molecule has 0 spiro atoms. The maximum absolute atomic E-state index is 12.9. The third-order valence-corrected chi connectivity index (χ3v) is 6.17. The number of anilines is 1. The fourth-order valence-corrected chi connectivity index (χ4v) is 3.92. The Balaban J connectivity index is 1.47. The molecule has 0 aliphatic heterocycles. The summed E-state index contributed by atoms with van der Waals surface area (Å²) in [5, 5.41) is 19.0. The first-order valence-electron chi connectivity index (χ1n) is 12.0. The molecule has 0 saturated heterocycles. The second kappa shape index (κ2) is 13.4. The number of benzene rings is 4. The highest BCUT2D eigenvalue weighted by Gasteiger charge is 2.24. The smallest absolute Gasteiger partial charge is 0.347 e. The van der Waals surface area contributed by atoms with E-state index in [2.05, 4.69) is 15.8 Å². The molecule has 0 aliphatic carbocycles. The summed E-state index contributed by atoms with van der Waals surface area (Å²) in [5.74, 6) is -2.15. The Hall–Kier alpha value is -5.26. The zero-order chi connectivity index (χ0) is 30.2. The Morgan fingerprint density at radius 2 is 1.52 bits per heavy atom. The number of carbonyl (C=O) groups excluding carboxylic acids is 3. The Kier molecular flexibility index (Phi) is 9.48. The van der Waals surface area contributed by atoms with Crippen LogP contribution in [0, 0.1) is 10.1 Å². The van der Waals surface area contributed by atoms with Crippen LogP contribution >= 0.6 is 23.2 Å². The van der Waals surface area contributed by atoms with Gasteiger partial charge in [0.2, 0.25) is 5.75 Å². The van der Waals surface area contributed by atoms with Gasteiger partial charge in [0, 0.05) is 38.5 Å². The number of nitrogens with one attached hydrogen (secondary N) is 2. The van der Waals surface area contributed by atoms with Crippen LogP contribution in [0.3, 0.4) is 0 Å². The molecular formula is C29H20Cl2N4O7. The topological polar surface area (TPSA) is 149 Å². The van der Waals surface area contributed by atoms with Gasteiger partial charge in [0.1, 0.15) is 11.3 Å². The molecule has 0 radical (unpaired) electrons. The van der Waals surface area contributed by atoms with Crippen LogP contribution in [0.5, 0.6) is 11.5 Å². The molecule has 0 unspecified atom stereocenters. The molecule has 4 aromatic carbocycles. The summed E-state index contributed by atoms with van der Waals surface area (Å²) in [6.07, 6.45) is 1.10. The average Bonchev–Trinajstić information content (AvgIpc) is 2.98. The number of halogens is 2. The summed E-state index contributed by atoms with van der Waals surface area (Å²) in [6.45, 7) is 0. The molecule has 0 fully saturated rings. The first-order valence-corrected chi connectivity index (χ1v) is 12.8. The van der Waals surface area contributed by atoms with Crippen molar-refractivity contribution in [1.82, 2.24) is 5.43 Å². The highest BCUT2D eigenvalue weighted by molar-refractivity contribution is 6.31. The maximum atomic E-state index is 12.9. The summed E-state index contributed by atoms with van der Waals surface area (Å²) >= 11 is 11.8. The van der Waals surface area contributed by atoms with Gasteiger partial charge in [-0.2, -0.15) is 5.10 Å². The third kappa shape index (κ3) is 7.27. The molecule has 42 heavy (non-hydrogen) atoms. The van der Waals surface area contributed by atoms with Crippen molar-refractivity contribution in [2.24, 2.45) is 5.10 Å². The van der Waals surface area contributed by atoms with Gasteiger partial charge in [-0.25, -0.2) is 10.2 Å². The van der Waals surface area contributed by atoms with Gasteiger partial charge >= 0.3 is 11.7 Å². The highest BCUT2D eigenvalue weighted by atomic mass is 35.5. The van der Waals surface area contributed by atoms with Crippen LogP contribution in [0.4, 0.5) is 11.4 Å². The number of hydrazone groups is 1. The zero-order valence-electron chi connectivity index (χ0n) is 21.7. The van der Waals surface area contributed by atoms with E-state index in [1.165, 1.54) is 61.7 Å². The van der Waals surface area contributed by atoms with E-state index in [0.717, 1.165) is 12.3 Å². The molecule has 13 heteroatoms. The second-order valence-electron chi connectivity index (χ2n) is 8.42. The van der Waals surface area contributed by atoms with E-state index in [1.54, 1.807) is 24.3 Å². The molecule has 0 bridgehead atoms. The quantitative estimate of drug-likeness (QED) is 0.0763. The molecule has 0 aromatic heterocycles. The third-order valence-electron chi connectivity index (χ3n) is 5.68. The fraction of sp³-hybridized carbons (Fsp3) is 0.0345. The molecular weight excluding hydrogens is 587 g/mol. The van der Waals surface area contributed by atoms with Crippen molar-refractivity contribution >= 4 is 58.6 Å². The van der Waals surface area contributed by atoms with Crippen LogP contribution < -0.4 is 20.2 Å². The van der Waals surface area contributed by atoms with E-state index in [-0.39, 0.29) is 33.4 Å². The lowest BCUT2D eigenvalue weighted by Gasteiger charge is -2.11. The molecule has 4 rings (SSSR count). The predicted octanol–water partition coefficient (Wildman–Crippen LogP) is 6.15. The average molecular weight is 607 g/mol. The molecule has 0 aliphatic rings. The summed E-state index contributed by atoms with van der Waals surface area (Å²) < 4.78 is 10.5. The van der Waals surface area contributed by atoms with Crippen molar-refractivity contribution in [3.05, 3.63) is 127 Å². The normalized spacial score (nSPS) is 10.6. The van der Waals surface area contributed by atoms with Crippen LogP contribution in [-0.4, -0.2) is 36.0 Å². The number of ether oxygens (including phenoxy) is 2. The standard InChI is InChI=1S/C29H20Cl2N4O7/c1-41-25-14-11-21(31)15-23(25)29(38)42-26-19(3-2-4-24(26)35(39)40)16-32-34-28(37)18-7-12-22(13-8-18)33-27(36)17-5-9-20(30)10-6-17/h2-16H,1H3,(H,33,36)(H,34,37)/b32-16+. The fourth-order valence-electron chi connectivity index (χ4n) is 3.62. The number of hydrogen-bond acceptors (Lipinski definition) is 8. The molecule has 2 amide bonds. The van der Waals surface area contributed by atoms with Crippen LogP contribution in [-0.2, 0) is 0 Å². The van der Waals surface area contributed by atoms with Crippen LogP contribution in [0.1, 0.15) is 36.6 Å². The Labute approximate surface area is 248 Å². The predicted molar refractivity (Wildman–Crippen MR) is 157 cm³/mol. The number of hydrogen-bond donors (Lipinski definition) is 2. The molecule has 4 aromatic rings. The number of nitrogens with zero attached hydrogens (tertiary/aromatic N) is 2. The molecule has 0 heterocycles. The zero-order valence-corrected chi connectivity index (χ0v) is 23.2. The van der Waals surface area contributed by atoms with E-state index in [0.29, 0.717) is 16.3 Å². The molecule has 0 atom stereocenters. The van der Waals surface area contributed by atoms with E-state index in [1.807, 2.05) is 0 Å². The Bertz CT molecular complexity index is 1690. The monoisotopic (exact) mass is 606 g/mol. The number of carbonyl (C=O) groups is 3. The van der Waals surface area contributed by atoms with Crippen molar-refractivity contribution in [3.8, 4) is 11.5 Å². The highest BCUT2D eigenvalue weighted by Crippen LogP contribution is 2.32. The molecule has 212 valence electrons. The van der Waals surface area contributed by atoms with Gasteiger partial charge in [0.05, 0.1) is 18.2 Å². The van der Waals surface area contributed by atoms with Crippen molar-refractivity contribution in [3.63, 3.8) is 0 Å². The van der Waals surface area contributed by atoms with Gasteiger partial charge in [-0.3, -0.25) is 19.7 Å². The SMILES string of the molecule is COc1ccc(Cl)cc1C(=O)Oc1c(/C=N/NC(=O)c2ccc(NC(=O)c3ccc(Cl)cc3)cc2)cccc1[N+](=O)[O-]. The Morgan fingerprint density at radius 1 is 0.881 bits per heavy atom. The van der Waals surface area contributed by atoms with Crippen LogP contribution in [0.25, 0.3) is 0 Å². The minimum absolute atomic E-state index is 0.0408. The number of methoxy groups -OCH3 is 1. The first-order chi connectivity index (χ1) is 20.2. The lowest BCUT2D eigenvalue weighted by molar-refractivity contribution is -0.385. The largest absolute Gasteiger partial charge is 0.496 e. The van der Waals surface area contributed by atoms with Crippen molar-refractivity contribution < 1.29 is 28.8 Å². The van der Waals surface area contributed by atoms with Crippen molar-refractivity contribution in [2.75, 3.05) is 12.4 Å². The minimum atomic E-state index is -0.953. The van der Waals surface area contributed by atoms with E-state index in [4.69, 9.17) is 32.7 Å². The number of rotatable bonds is 9. The first kappa shape index (κ1) is 29.7. The van der Waals surface area contributed by atoms with E-state index >= 15 is 0 Å². The summed E-state index contributed by atoms with van der Waals surface area (Å²) in [5.41, 5.74) is 2.88. The molecule has 2 N–H and O–H groups in total. The van der Waals surface area contributed by atoms with Gasteiger partial charge < -0.3 is 14.8 Å². The van der Waals surface area contributed by atoms with Gasteiger partial charge in [-0.05, 0) is 72.8 Å². The van der Waals surface area contributed by atoms with E-state index in [9.17, 15) is 24.5 Å². The molecule has 0 saturated carbocycles. The second-order valence-corrected chi connectivity index (χ2v) is 9.30. The lowest BCUT2D eigenvalue weighted by Crippen LogP contribution is -2.18. The van der Waals surface area contributed by atoms with Crippen molar-refractivity contribution in [1.29, 1.82) is 0 Å². The number of nitro groups is 1. The van der Waals surface area contributed by atoms with Gasteiger partial charge in [-0.1, -0.05) is 29.3 Å². The van der Waals surface area contributed by atoms with Crippen LogP contribution in [0.15, 0.2) is 90.0 Å². The van der Waals surface area contributed by atoms with E-state index < -0.39 is 28.2 Å². The number of para-hydroxylation sites is 1. The Morgan fingerprint density at radius 3 is 2.19 bits per heavy atom. The van der Waals surface area contributed by atoms with Crippen LogP contribution in [0.2, 0.25) is 10.0 Å².